The number of benzene rings is 1. The minimum atomic E-state index is 0.0927. The molecule has 2 heterocycles. The van der Waals surface area contributed by atoms with Gasteiger partial charge in [0.2, 0.25) is 5.91 Å². The molecule has 0 aliphatic carbocycles. The van der Waals surface area contributed by atoms with Gasteiger partial charge in [-0.2, -0.15) is 5.10 Å². The topological polar surface area (TPSA) is 50.2 Å². The molecule has 0 saturated carbocycles. The third-order valence-electron chi connectivity index (χ3n) is 4.94. The molecule has 3 rings (SSSR count). The fourth-order valence-electron chi connectivity index (χ4n) is 3.37. The molecule has 1 saturated heterocycles. The Hall–Kier alpha value is -2.14. The third-order valence-corrected chi connectivity index (χ3v) is 4.94. The maximum absolute atomic E-state index is 12.0. The monoisotopic (exact) mass is 340 g/mol. The van der Waals surface area contributed by atoms with Crippen molar-refractivity contribution in [3.05, 3.63) is 53.3 Å². The predicted octanol–water partition coefficient (Wildman–Crippen LogP) is 2.30. The van der Waals surface area contributed by atoms with Crippen LogP contribution in [0.15, 0.2) is 36.7 Å². The summed E-state index contributed by atoms with van der Waals surface area (Å²) in [5.41, 5.74) is 3.66. The lowest BCUT2D eigenvalue weighted by Crippen LogP contribution is -2.38. The summed E-state index contributed by atoms with van der Waals surface area (Å²) in [5.74, 6) is 0.683. The first kappa shape index (κ1) is 17.7. The molecular weight excluding hydrogens is 312 g/mol. The first-order chi connectivity index (χ1) is 12.1. The zero-order valence-electron chi connectivity index (χ0n) is 15.2. The van der Waals surface area contributed by atoms with E-state index in [1.165, 1.54) is 11.1 Å². The number of likely N-dealkylation sites (tertiary alicyclic amines) is 1. The van der Waals surface area contributed by atoms with E-state index >= 15 is 0 Å². The van der Waals surface area contributed by atoms with Crippen molar-refractivity contribution < 1.29 is 4.79 Å². The molecule has 5 heteroatoms. The second-order valence-corrected chi connectivity index (χ2v) is 7.21. The number of piperidine rings is 1. The minimum Gasteiger partial charge on any atom is -0.356 e. The van der Waals surface area contributed by atoms with Crippen molar-refractivity contribution in [3.63, 3.8) is 0 Å². The van der Waals surface area contributed by atoms with Gasteiger partial charge < -0.3 is 5.32 Å². The Labute approximate surface area is 150 Å². The second kappa shape index (κ2) is 8.30. The molecular formula is C20H28N4O. The zero-order chi connectivity index (χ0) is 17.6. The largest absolute Gasteiger partial charge is 0.356 e. The van der Waals surface area contributed by atoms with Gasteiger partial charge >= 0.3 is 0 Å². The summed E-state index contributed by atoms with van der Waals surface area (Å²) in [6.07, 6.45) is 6.37. The van der Waals surface area contributed by atoms with Gasteiger partial charge in [0.05, 0.1) is 12.6 Å². The lowest BCUT2D eigenvalue weighted by atomic mass is 9.96. The van der Waals surface area contributed by atoms with Crippen LogP contribution in [0.5, 0.6) is 0 Å². The van der Waals surface area contributed by atoms with E-state index in [1.54, 1.807) is 10.9 Å². The number of nitrogens with one attached hydrogen (secondary N) is 1. The number of hydrogen-bond acceptors (Lipinski definition) is 3. The zero-order valence-corrected chi connectivity index (χ0v) is 15.2. The Morgan fingerprint density at radius 2 is 1.92 bits per heavy atom. The van der Waals surface area contributed by atoms with Gasteiger partial charge in [0, 0.05) is 26.3 Å². The molecule has 0 spiro atoms. The number of carbonyl (C=O) groups excluding carboxylic acids is 1. The van der Waals surface area contributed by atoms with Gasteiger partial charge in [0.25, 0.3) is 0 Å². The first-order valence-electron chi connectivity index (χ1n) is 9.10. The molecule has 1 fully saturated rings. The van der Waals surface area contributed by atoms with Gasteiger partial charge in [0.1, 0.15) is 0 Å². The lowest BCUT2D eigenvalue weighted by molar-refractivity contribution is -0.120. The van der Waals surface area contributed by atoms with Crippen LogP contribution in [0.4, 0.5) is 0 Å². The molecule has 0 radical (unpaired) electrons. The molecule has 1 amide bonds. The molecule has 2 aromatic rings. The van der Waals surface area contributed by atoms with Crippen molar-refractivity contribution in [2.45, 2.75) is 32.7 Å². The van der Waals surface area contributed by atoms with Crippen molar-refractivity contribution in [2.75, 3.05) is 19.6 Å². The van der Waals surface area contributed by atoms with Crippen LogP contribution < -0.4 is 5.32 Å². The Morgan fingerprint density at radius 3 is 2.56 bits per heavy atom. The number of hydrogen-bond donors (Lipinski definition) is 1. The fraction of sp³-hybridized carbons (Fsp3) is 0.500. The average molecular weight is 340 g/mol. The highest BCUT2D eigenvalue weighted by Gasteiger charge is 2.19. The van der Waals surface area contributed by atoms with Gasteiger partial charge in [0.15, 0.2) is 0 Å². The number of aryl methyl sites for hydroxylation is 2. The smallest absolute Gasteiger partial charge is 0.224 e. The Balaban J connectivity index is 1.36. The molecule has 1 aromatic carbocycles. The van der Waals surface area contributed by atoms with Gasteiger partial charge in [-0.3, -0.25) is 14.4 Å². The van der Waals surface area contributed by atoms with E-state index in [0.717, 1.165) is 44.6 Å². The van der Waals surface area contributed by atoms with Crippen LogP contribution in [0.2, 0.25) is 0 Å². The summed E-state index contributed by atoms with van der Waals surface area (Å²) in [4.78, 5) is 14.6. The molecule has 134 valence electrons. The number of nitrogens with zero attached hydrogens (tertiary/aromatic N) is 3. The Kier molecular flexibility index (Phi) is 5.87. The van der Waals surface area contributed by atoms with Gasteiger partial charge in [-0.1, -0.05) is 29.8 Å². The molecule has 1 aromatic heterocycles. The van der Waals surface area contributed by atoms with E-state index < -0.39 is 0 Å². The number of aromatic nitrogens is 2. The molecule has 1 aliphatic heterocycles. The number of amides is 1. The summed E-state index contributed by atoms with van der Waals surface area (Å²) in [5, 5.41) is 7.18. The summed E-state index contributed by atoms with van der Waals surface area (Å²) in [7, 11) is 1.87. The quantitative estimate of drug-likeness (QED) is 0.878. The van der Waals surface area contributed by atoms with E-state index in [1.807, 2.05) is 13.2 Å². The summed E-state index contributed by atoms with van der Waals surface area (Å²) >= 11 is 0. The predicted molar refractivity (Wildman–Crippen MR) is 99.1 cm³/mol. The van der Waals surface area contributed by atoms with E-state index in [2.05, 4.69) is 46.5 Å². The molecule has 25 heavy (non-hydrogen) atoms. The van der Waals surface area contributed by atoms with Crippen LogP contribution in [0, 0.1) is 12.8 Å². The van der Waals surface area contributed by atoms with E-state index in [4.69, 9.17) is 0 Å². The van der Waals surface area contributed by atoms with Crippen LogP contribution in [-0.4, -0.2) is 40.2 Å². The normalized spacial score (nSPS) is 16.1. The molecule has 1 aliphatic rings. The molecule has 0 atom stereocenters. The van der Waals surface area contributed by atoms with Crippen molar-refractivity contribution in [1.82, 2.24) is 20.0 Å². The number of carbonyl (C=O) groups is 1. The van der Waals surface area contributed by atoms with Crippen LogP contribution in [0.3, 0.4) is 0 Å². The lowest BCUT2D eigenvalue weighted by Gasteiger charge is -2.32. The van der Waals surface area contributed by atoms with Crippen LogP contribution in [-0.2, 0) is 24.8 Å². The van der Waals surface area contributed by atoms with Gasteiger partial charge in [-0.25, -0.2) is 0 Å². The average Bonchev–Trinajstić information content (AvgIpc) is 3.01. The Morgan fingerprint density at radius 1 is 1.20 bits per heavy atom. The van der Waals surface area contributed by atoms with E-state index in [-0.39, 0.29) is 5.91 Å². The highest BCUT2D eigenvalue weighted by molar-refractivity contribution is 5.78. The van der Waals surface area contributed by atoms with Crippen molar-refractivity contribution in [1.29, 1.82) is 0 Å². The molecule has 0 unspecified atom stereocenters. The first-order valence-corrected chi connectivity index (χ1v) is 9.10. The summed E-state index contributed by atoms with van der Waals surface area (Å²) in [6, 6.07) is 8.81. The third kappa shape index (κ3) is 5.43. The van der Waals surface area contributed by atoms with Crippen molar-refractivity contribution in [3.8, 4) is 0 Å². The SMILES string of the molecule is Cc1ccc(CN2CCC(CNC(=O)Cc3cnn(C)c3)CC2)cc1. The minimum absolute atomic E-state index is 0.0927. The number of rotatable bonds is 6. The summed E-state index contributed by atoms with van der Waals surface area (Å²) in [6.45, 7) is 6.16. The van der Waals surface area contributed by atoms with E-state index in [0.29, 0.717) is 12.3 Å². The van der Waals surface area contributed by atoms with Crippen LogP contribution >= 0.6 is 0 Å². The van der Waals surface area contributed by atoms with E-state index in [9.17, 15) is 4.79 Å². The van der Waals surface area contributed by atoms with Gasteiger partial charge in [-0.05, 0) is 49.9 Å². The molecule has 0 bridgehead atoms. The maximum Gasteiger partial charge on any atom is 0.224 e. The van der Waals surface area contributed by atoms with Gasteiger partial charge in [-0.15, -0.1) is 0 Å². The van der Waals surface area contributed by atoms with Crippen molar-refractivity contribution >= 4 is 5.91 Å². The van der Waals surface area contributed by atoms with Crippen molar-refractivity contribution in [2.24, 2.45) is 13.0 Å². The fourth-order valence-corrected chi connectivity index (χ4v) is 3.37. The maximum atomic E-state index is 12.0. The highest BCUT2D eigenvalue weighted by atomic mass is 16.1. The second-order valence-electron chi connectivity index (χ2n) is 7.21. The standard InChI is InChI=1S/C20H28N4O/c1-16-3-5-18(6-4-16)15-24-9-7-17(8-10-24)12-21-20(25)11-19-13-22-23(2)14-19/h3-6,13-14,17H,7-12,15H2,1-2H3,(H,21,25). The van der Waals surface area contributed by atoms with Crippen LogP contribution in [0.1, 0.15) is 29.5 Å². The highest BCUT2D eigenvalue weighted by Crippen LogP contribution is 2.18. The Bertz CT molecular complexity index is 684. The molecule has 5 nitrogen and oxygen atoms in total. The van der Waals surface area contributed by atoms with Crippen LogP contribution in [0.25, 0.3) is 0 Å². The summed E-state index contributed by atoms with van der Waals surface area (Å²) < 4.78 is 1.73. The molecule has 1 N–H and O–H groups in total.